The maximum atomic E-state index is 10.5. The van der Waals surface area contributed by atoms with Gasteiger partial charge in [-0.1, -0.05) is 22.9 Å². The molecular formula is C28H36N4O3S. The van der Waals surface area contributed by atoms with Crippen LogP contribution in [0.3, 0.4) is 0 Å². The topological polar surface area (TPSA) is 70.4 Å². The first-order chi connectivity index (χ1) is 17.3. The van der Waals surface area contributed by atoms with Gasteiger partial charge in [0.05, 0.1) is 20.9 Å². The molecular weight excluding hydrogens is 472 g/mol. The quantitative estimate of drug-likeness (QED) is 0.486. The summed E-state index contributed by atoms with van der Waals surface area (Å²) < 4.78 is 7.01. The van der Waals surface area contributed by atoms with Crippen molar-refractivity contribution in [2.75, 3.05) is 45.9 Å². The van der Waals surface area contributed by atoms with Gasteiger partial charge in [-0.15, -0.1) is 11.3 Å². The average molecular weight is 509 g/mol. The Morgan fingerprint density at radius 2 is 1.78 bits per heavy atom. The molecule has 0 amide bonds. The molecule has 1 aromatic heterocycles. The average Bonchev–Trinajstić information content (AvgIpc) is 3.43. The molecule has 0 spiro atoms. The summed E-state index contributed by atoms with van der Waals surface area (Å²) in [6.07, 6.45) is 0.351. The number of piperazine rings is 1. The summed E-state index contributed by atoms with van der Waals surface area (Å²) in [5, 5.41) is 16.0. The van der Waals surface area contributed by atoms with Gasteiger partial charge in [0.2, 0.25) is 0 Å². The van der Waals surface area contributed by atoms with E-state index in [9.17, 15) is 5.11 Å². The maximum absolute atomic E-state index is 10.5. The van der Waals surface area contributed by atoms with E-state index >= 15 is 0 Å². The SMILES string of the molecule is Cc1cc(C)c(C2CC(CN3CCN(C[C@@H](O)COc4ccc5sc(C)nc5c4)CC3)=NO2)c(C)c1. The second kappa shape index (κ2) is 10.8. The smallest absolute Gasteiger partial charge is 0.158 e. The molecule has 3 aromatic rings. The van der Waals surface area contributed by atoms with Crippen LogP contribution in [0.4, 0.5) is 0 Å². The van der Waals surface area contributed by atoms with Crippen LogP contribution in [0.15, 0.2) is 35.5 Å². The summed E-state index contributed by atoms with van der Waals surface area (Å²) in [4.78, 5) is 15.1. The monoisotopic (exact) mass is 508 g/mol. The van der Waals surface area contributed by atoms with Crippen molar-refractivity contribution >= 4 is 27.3 Å². The zero-order valence-electron chi connectivity index (χ0n) is 21.7. The van der Waals surface area contributed by atoms with Crippen molar-refractivity contribution in [2.24, 2.45) is 5.16 Å². The van der Waals surface area contributed by atoms with Gasteiger partial charge in [-0.2, -0.15) is 0 Å². The highest BCUT2D eigenvalue weighted by atomic mass is 32.1. The molecule has 36 heavy (non-hydrogen) atoms. The van der Waals surface area contributed by atoms with E-state index in [1.807, 2.05) is 25.1 Å². The number of aromatic nitrogens is 1. The predicted molar refractivity (Wildman–Crippen MR) is 145 cm³/mol. The summed E-state index contributed by atoms with van der Waals surface area (Å²) in [6, 6.07) is 10.4. The van der Waals surface area contributed by atoms with Gasteiger partial charge >= 0.3 is 0 Å². The number of hydrogen-bond donors (Lipinski definition) is 1. The Labute approximate surface area is 217 Å². The Hall–Kier alpha value is -2.52. The van der Waals surface area contributed by atoms with Crippen molar-refractivity contribution < 1.29 is 14.7 Å². The fourth-order valence-electron chi connectivity index (χ4n) is 5.42. The molecule has 2 aliphatic rings. The number of aryl methyl sites for hydroxylation is 4. The number of aliphatic hydroxyl groups excluding tert-OH is 1. The third-order valence-electron chi connectivity index (χ3n) is 7.04. The molecule has 0 aliphatic carbocycles. The summed E-state index contributed by atoms with van der Waals surface area (Å²) in [6.45, 7) is 14.0. The number of thiazole rings is 1. The van der Waals surface area contributed by atoms with E-state index in [0.717, 1.165) is 65.8 Å². The Morgan fingerprint density at radius 1 is 1.06 bits per heavy atom. The number of ether oxygens (including phenoxy) is 1. The van der Waals surface area contributed by atoms with Crippen LogP contribution in [0.5, 0.6) is 5.75 Å². The molecule has 7 nitrogen and oxygen atoms in total. The zero-order chi connectivity index (χ0) is 25.2. The summed E-state index contributed by atoms with van der Waals surface area (Å²) >= 11 is 1.68. The molecule has 2 atom stereocenters. The van der Waals surface area contributed by atoms with Crippen LogP contribution >= 0.6 is 11.3 Å². The number of oxime groups is 1. The number of rotatable bonds is 8. The Morgan fingerprint density at radius 3 is 2.53 bits per heavy atom. The predicted octanol–water partition coefficient (Wildman–Crippen LogP) is 4.40. The molecule has 2 aromatic carbocycles. The van der Waals surface area contributed by atoms with Crippen LogP contribution in [-0.2, 0) is 4.84 Å². The van der Waals surface area contributed by atoms with Gasteiger partial charge in [-0.25, -0.2) is 4.98 Å². The van der Waals surface area contributed by atoms with Crippen LogP contribution in [0, 0.1) is 27.7 Å². The van der Waals surface area contributed by atoms with Gasteiger partial charge in [-0.3, -0.25) is 9.80 Å². The first-order valence-corrected chi connectivity index (χ1v) is 13.6. The zero-order valence-corrected chi connectivity index (χ0v) is 22.5. The lowest BCUT2D eigenvalue weighted by Crippen LogP contribution is -2.50. The fourth-order valence-corrected chi connectivity index (χ4v) is 6.22. The maximum Gasteiger partial charge on any atom is 0.158 e. The largest absolute Gasteiger partial charge is 0.491 e. The lowest BCUT2D eigenvalue weighted by atomic mass is 9.93. The van der Waals surface area contributed by atoms with Gasteiger partial charge < -0.3 is 14.7 Å². The van der Waals surface area contributed by atoms with Crippen molar-refractivity contribution in [1.82, 2.24) is 14.8 Å². The van der Waals surface area contributed by atoms with Crippen LogP contribution in [0.2, 0.25) is 0 Å². The molecule has 1 saturated heterocycles. The second-order valence-electron chi connectivity index (χ2n) is 10.2. The number of nitrogens with zero attached hydrogens (tertiary/aromatic N) is 4. The van der Waals surface area contributed by atoms with E-state index in [4.69, 9.17) is 9.57 Å². The van der Waals surface area contributed by atoms with E-state index in [-0.39, 0.29) is 12.7 Å². The van der Waals surface area contributed by atoms with E-state index in [1.54, 1.807) is 11.3 Å². The molecule has 2 aliphatic heterocycles. The number of fused-ring (bicyclic) bond motifs is 1. The van der Waals surface area contributed by atoms with Crippen molar-refractivity contribution in [3.63, 3.8) is 0 Å². The van der Waals surface area contributed by atoms with Gasteiger partial charge in [0.15, 0.2) is 6.10 Å². The molecule has 0 saturated carbocycles. The molecule has 8 heteroatoms. The summed E-state index contributed by atoms with van der Waals surface area (Å²) in [5.41, 5.74) is 7.20. The van der Waals surface area contributed by atoms with Crippen LogP contribution < -0.4 is 4.74 Å². The standard InChI is InChI=1S/C28H36N4O3S/c1-18-11-19(2)28(20(3)12-18)26-13-22(30-35-26)15-31-7-9-32(10-8-31)16-23(33)17-34-24-5-6-27-25(14-24)29-21(4)36-27/h5-6,11-12,14,23,26,33H,7-10,13,15-17H2,1-4H3/t23-,26?/m1/s1. The highest BCUT2D eigenvalue weighted by Crippen LogP contribution is 2.33. The minimum absolute atomic E-state index is 0.0253. The number of β-amino-alcohol motifs (C(OH)–C–C–N with tert-alkyl or cyclic N) is 1. The molecule has 5 rings (SSSR count). The van der Waals surface area contributed by atoms with E-state index < -0.39 is 6.10 Å². The molecule has 1 N–H and O–H groups in total. The normalized spacial score (nSPS) is 19.9. The Bertz CT molecular complexity index is 1230. The van der Waals surface area contributed by atoms with E-state index in [0.29, 0.717) is 6.54 Å². The molecule has 0 bridgehead atoms. The Balaban J connectivity index is 1.04. The highest BCUT2D eigenvalue weighted by molar-refractivity contribution is 7.18. The van der Waals surface area contributed by atoms with Crippen molar-refractivity contribution in [1.29, 1.82) is 0 Å². The molecule has 1 unspecified atom stereocenters. The number of aliphatic hydroxyl groups is 1. The number of benzene rings is 2. The molecule has 192 valence electrons. The summed E-state index contributed by atoms with van der Waals surface area (Å²) in [5.74, 6) is 0.755. The minimum atomic E-state index is -0.529. The second-order valence-corrected chi connectivity index (χ2v) is 11.4. The third kappa shape index (κ3) is 5.89. The molecule has 0 radical (unpaired) electrons. The van der Waals surface area contributed by atoms with Crippen molar-refractivity contribution in [3.8, 4) is 5.75 Å². The first-order valence-electron chi connectivity index (χ1n) is 12.8. The number of hydrogen-bond acceptors (Lipinski definition) is 8. The van der Waals surface area contributed by atoms with Crippen molar-refractivity contribution in [2.45, 2.75) is 46.3 Å². The lowest BCUT2D eigenvalue weighted by molar-refractivity contribution is 0.0487. The third-order valence-corrected chi connectivity index (χ3v) is 7.99. The van der Waals surface area contributed by atoms with Gasteiger partial charge in [-0.05, 0) is 51.0 Å². The minimum Gasteiger partial charge on any atom is -0.491 e. The van der Waals surface area contributed by atoms with Gasteiger partial charge in [0.1, 0.15) is 18.5 Å². The first kappa shape index (κ1) is 25.1. The Kier molecular flexibility index (Phi) is 7.57. The van der Waals surface area contributed by atoms with Crippen LogP contribution in [0.1, 0.15) is 39.8 Å². The van der Waals surface area contributed by atoms with Gasteiger partial charge in [0, 0.05) is 57.3 Å². The van der Waals surface area contributed by atoms with Crippen LogP contribution in [0.25, 0.3) is 10.2 Å². The summed E-state index contributed by atoms with van der Waals surface area (Å²) in [7, 11) is 0. The lowest BCUT2D eigenvalue weighted by Gasteiger charge is -2.35. The molecule has 1 fully saturated rings. The van der Waals surface area contributed by atoms with Crippen molar-refractivity contribution in [3.05, 3.63) is 57.6 Å². The van der Waals surface area contributed by atoms with E-state index in [1.165, 1.54) is 22.3 Å². The van der Waals surface area contributed by atoms with E-state index in [2.05, 4.69) is 52.8 Å². The fraction of sp³-hybridized carbons (Fsp3) is 0.500. The van der Waals surface area contributed by atoms with Gasteiger partial charge in [0.25, 0.3) is 0 Å². The highest BCUT2D eigenvalue weighted by Gasteiger charge is 2.28. The molecule has 3 heterocycles. The van der Waals surface area contributed by atoms with Crippen LogP contribution in [-0.4, -0.2) is 77.6 Å².